The van der Waals surface area contributed by atoms with Gasteiger partial charge in [-0.15, -0.1) is 0 Å². The fourth-order valence-corrected chi connectivity index (χ4v) is 1.98. The van der Waals surface area contributed by atoms with Crippen molar-refractivity contribution in [1.82, 2.24) is 5.32 Å². The molecule has 0 aliphatic carbocycles. The second-order valence-corrected chi connectivity index (χ2v) is 4.21. The van der Waals surface area contributed by atoms with Crippen molar-refractivity contribution in [3.05, 3.63) is 0 Å². The van der Waals surface area contributed by atoms with Crippen LogP contribution in [0.2, 0.25) is 0 Å². The first-order chi connectivity index (χ1) is 6.18. The van der Waals surface area contributed by atoms with Crippen LogP contribution in [-0.4, -0.2) is 24.8 Å². The Labute approximate surface area is 82.7 Å². The monoisotopic (exact) mass is 187 g/mol. The summed E-state index contributed by atoms with van der Waals surface area (Å²) in [5.74, 6) is 0. The molecule has 0 aromatic carbocycles. The van der Waals surface area contributed by atoms with E-state index in [1.54, 1.807) is 0 Å². The Balaban J connectivity index is 3.76. The molecule has 0 atom stereocenters. The minimum absolute atomic E-state index is 0.244. The van der Waals surface area contributed by atoms with Crippen LogP contribution in [0.4, 0.5) is 0 Å². The molecule has 2 N–H and O–H groups in total. The number of hydrogen-bond donors (Lipinski definition) is 2. The van der Waals surface area contributed by atoms with E-state index in [0.717, 1.165) is 13.1 Å². The van der Waals surface area contributed by atoms with E-state index in [1.165, 1.54) is 25.7 Å². The van der Waals surface area contributed by atoms with Crippen molar-refractivity contribution in [2.75, 3.05) is 19.7 Å². The summed E-state index contributed by atoms with van der Waals surface area (Å²) in [6, 6.07) is 0. The average Bonchev–Trinajstić information content (AvgIpc) is 2.05. The Morgan fingerprint density at radius 1 is 1.15 bits per heavy atom. The molecule has 0 saturated carbocycles. The third-order valence-corrected chi connectivity index (χ3v) is 2.55. The summed E-state index contributed by atoms with van der Waals surface area (Å²) in [6.45, 7) is 8.82. The first kappa shape index (κ1) is 12.9. The summed E-state index contributed by atoms with van der Waals surface area (Å²) in [4.78, 5) is 0. The highest BCUT2D eigenvalue weighted by molar-refractivity contribution is 4.75. The Morgan fingerprint density at radius 3 is 2.08 bits per heavy atom. The summed E-state index contributed by atoms with van der Waals surface area (Å²) < 4.78 is 0. The number of hydrogen-bond acceptors (Lipinski definition) is 2. The zero-order valence-electron chi connectivity index (χ0n) is 9.40. The van der Waals surface area contributed by atoms with Gasteiger partial charge in [-0.05, 0) is 18.3 Å². The number of aliphatic hydroxyl groups is 1. The maximum Gasteiger partial charge on any atom is 0.0555 e. The van der Waals surface area contributed by atoms with Gasteiger partial charge in [0.25, 0.3) is 0 Å². The highest BCUT2D eigenvalue weighted by Crippen LogP contribution is 2.27. The molecule has 0 aliphatic rings. The summed E-state index contributed by atoms with van der Waals surface area (Å²) >= 11 is 0. The number of nitrogens with one attached hydrogen (secondary N) is 1. The van der Waals surface area contributed by atoms with Gasteiger partial charge in [0.2, 0.25) is 0 Å². The van der Waals surface area contributed by atoms with E-state index in [0.29, 0.717) is 5.41 Å². The predicted molar refractivity (Wildman–Crippen MR) is 57.9 cm³/mol. The van der Waals surface area contributed by atoms with E-state index in [4.69, 9.17) is 5.11 Å². The lowest BCUT2D eigenvalue weighted by molar-refractivity contribution is 0.234. The molecule has 0 spiro atoms. The second kappa shape index (κ2) is 7.34. The van der Waals surface area contributed by atoms with Crippen molar-refractivity contribution in [1.29, 1.82) is 0 Å². The van der Waals surface area contributed by atoms with Crippen molar-refractivity contribution >= 4 is 0 Å². The Kier molecular flexibility index (Phi) is 7.29. The molecular formula is C11H25NO. The van der Waals surface area contributed by atoms with E-state index in [1.807, 2.05) is 0 Å². The highest BCUT2D eigenvalue weighted by atomic mass is 16.3. The average molecular weight is 187 g/mol. The van der Waals surface area contributed by atoms with E-state index >= 15 is 0 Å². The molecule has 0 aromatic rings. The zero-order chi connectivity index (χ0) is 10.2. The van der Waals surface area contributed by atoms with Crippen LogP contribution in [0.25, 0.3) is 0 Å². The van der Waals surface area contributed by atoms with Crippen LogP contribution < -0.4 is 5.32 Å². The van der Waals surface area contributed by atoms with E-state index in [2.05, 4.69) is 26.1 Å². The maximum absolute atomic E-state index is 8.66. The summed E-state index contributed by atoms with van der Waals surface area (Å²) in [5, 5.41) is 12.0. The summed E-state index contributed by atoms with van der Waals surface area (Å²) in [7, 11) is 0. The van der Waals surface area contributed by atoms with Gasteiger partial charge < -0.3 is 10.4 Å². The zero-order valence-corrected chi connectivity index (χ0v) is 9.40. The quantitative estimate of drug-likeness (QED) is 0.571. The lowest BCUT2D eigenvalue weighted by Gasteiger charge is -2.29. The fourth-order valence-electron chi connectivity index (χ4n) is 1.98. The summed E-state index contributed by atoms with van der Waals surface area (Å²) in [5.41, 5.74) is 0.429. The van der Waals surface area contributed by atoms with Crippen LogP contribution in [0, 0.1) is 5.41 Å². The Morgan fingerprint density at radius 2 is 1.69 bits per heavy atom. The molecule has 0 bridgehead atoms. The molecule has 2 heteroatoms. The van der Waals surface area contributed by atoms with Crippen LogP contribution in [-0.2, 0) is 0 Å². The standard InChI is InChI=1S/C11H25NO/c1-4-6-11(3,7-5-2)10-12-8-9-13/h12-13H,4-10H2,1-3H3. The molecule has 0 saturated heterocycles. The summed E-state index contributed by atoms with van der Waals surface area (Å²) in [6.07, 6.45) is 5.05. The molecule has 0 radical (unpaired) electrons. The van der Waals surface area contributed by atoms with Gasteiger partial charge in [-0.25, -0.2) is 0 Å². The Hall–Kier alpha value is -0.0800. The molecule has 0 amide bonds. The smallest absolute Gasteiger partial charge is 0.0555 e. The third-order valence-electron chi connectivity index (χ3n) is 2.55. The SMILES string of the molecule is CCCC(C)(CCC)CNCCO. The third kappa shape index (κ3) is 6.05. The largest absolute Gasteiger partial charge is 0.395 e. The van der Waals surface area contributed by atoms with Crippen LogP contribution in [0.1, 0.15) is 46.5 Å². The van der Waals surface area contributed by atoms with E-state index in [9.17, 15) is 0 Å². The molecule has 0 heterocycles. The van der Waals surface area contributed by atoms with Gasteiger partial charge in [-0.2, -0.15) is 0 Å². The molecule has 0 aliphatic heterocycles. The minimum Gasteiger partial charge on any atom is -0.395 e. The maximum atomic E-state index is 8.66. The predicted octanol–water partition coefficient (Wildman–Crippen LogP) is 2.17. The van der Waals surface area contributed by atoms with Crippen molar-refractivity contribution in [2.45, 2.75) is 46.5 Å². The second-order valence-electron chi connectivity index (χ2n) is 4.21. The molecule has 80 valence electrons. The first-order valence-corrected chi connectivity index (χ1v) is 5.50. The van der Waals surface area contributed by atoms with Crippen molar-refractivity contribution in [3.63, 3.8) is 0 Å². The van der Waals surface area contributed by atoms with Gasteiger partial charge in [0, 0.05) is 13.1 Å². The van der Waals surface area contributed by atoms with Gasteiger partial charge in [-0.3, -0.25) is 0 Å². The van der Waals surface area contributed by atoms with E-state index < -0.39 is 0 Å². The molecule has 0 rings (SSSR count). The topological polar surface area (TPSA) is 32.3 Å². The van der Waals surface area contributed by atoms with Gasteiger partial charge in [-0.1, -0.05) is 33.6 Å². The molecule has 13 heavy (non-hydrogen) atoms. The molecule has 0 unspecified atom stereocenters. The van der Waals surface area contributed by atoms with Crippen LogP contribution in [0.15, 0.2) is 0 Å². The highest BCUT2D eigenvalue weighted by Gasteiger charge is 2.21. The molecule has 0 fully saturated rings. The van der Waals surface area contributed by atoms with Crippen molar-refractivity contribution < 1.29 is 5.11 Å². The number of aliphatic hydroxyl groups excluding tert-OH is 1. The number of rotatable bonds is 8. The lowest BCUT2D eigenvalue weighted by atomic mass is 9.81. The van der Waals surface area contributed by atoms with Crippen molar-refractivity contribution in [3.8, 4) is 0 Å². The van der Waals surface area contributed by atoms with Gasteiger partial charge >= 0.3 is 0 Å². The van der Waals surface area contributed by atoms with Crippen molar-refractivity contribution in [2.24, 2.45) is 5.41 Å². The van der Waals surface area contributed by atoms with Gasteiger partial charge in [0.15, 0.2) is 0 Å². The molecule has 0 aromatic heterocycles. The van der Waals surface area contributed by atoms with Crippen LogP contribution in [0.5, 0.6) is 0 Å². The molecule has 2 nitrogen and oxygen atoms in total. The van der Waals surface area contributed by atoms with Crippen LogP contribution in [0.3, 0.4) is 0 Å². The van der Waals surface area contributed by atoms with Crippen LogP contribution >= 0.6 is 0 Å². The molecular weight excluding hydrogens is 162 g/mol. The minimum atomic E-state index is 0.244. The lowest BCUT2D eigenvalue weighted by Crippen LogP contribution is -2.33. The normalized spacial score (nSPS) is 12.0. The first-order valence-electron chi connectivity index (χ1n) is 5.50. The van der Waals surface area contributed by atoms with E-state index in [-0.39, 0.29) is 6.61 Å². The van der Waals surface area contributed by atoms with Gasteiger partial charge in [0.1, 0.15) is 0 Å². The Bertz CT molecular complexity index is 109. The fraction of sp³-hybridized carbons (Fsp3) is 1.00. The van der Waals surface area contributed by atoms with Gasteiger partial charge in [0.05, 0.1) is 6.61 Å².